The first-order valence-corrected chi connectivity index (χ1v) is 10.6. The van der Waals surface area contributed by atoms with E-state index in [1.54, 1.807) is 18.2 Å². The van der Waals surface area contributed by atoms with Crippen molar-refractivity contribution in [3.63, 3.8) is 0 Å². The average Bonchev–Trinajstić information content (AvgIpc) is 2.69. The van der Waals surface area contributed by atoms with Crippen LogP contribution in [-0.4, -0.2) is 28.5 Å². The van der Waals surface area contributed by atoms with Crippen LogP contribution in [0.1, 0.15) is 30.4 Å². The zero-order valence-electron chi connectivity index (χ0n) is 15.9. The van der Waals surface area contributed by atoms with Gasteiger partial charge < -0.3 is 10.1 Å². The van der Waals surface area contributed by atoms with E-state index in [9.17, 15) is 13.2 Å². The second-order valence-electron chi connectivity index (χ2n) is 6.74. The molecule has 0 heterocycles. The molecule has 1 aliphatic rings. The van der Waals surface area contributed by atoms with E-state index in [4.69, 9.17) is 4.74 Å². The van der Waals surface area contributed by atoms with Crippen molar-refractivity contribution in [2.45, 2.75) is 29.7 Å². The molecule has 0 bridgehead atoms. The van der Waals surface area contributed by atoms with Gasteiger partial charge in [0, 0.05) is 6.08 Å². The summed E-state index contributed by atoms with van der Waals surface area (Å²) in [6.45, 7) is 0. The van der Waals surface area contributed by atoms with Gasteiger partial charge in [-0.05, 0) is 55.6 Å². The second kappa shape index (κ2) is 8.16. The van der Waals surface area contributed by atoms with E-state index in [0.29, 0.717) is 5.56 Å². The molecule has 0 aliphatic heterocycles. The fourth-order valence-corrected chi connectivity index (χ4v) is 4.27. The van der Waals surface area contributed by atoms with Gasteiger partial charge >= 0.3 is 0 Å². The zero-order valence-corrected chi connectivity index (χ0v) is 16.8. The predicted molar refractivity (Wildman–Crippen MR) is 108 cm³/mol. The molecule has 1 saturated carbocycles. The molecule has 3 rings (SSSR count). The third kappa shape index (κ3) is 4.10. The highest BCUT2D eigenvalue weighted by Crippen LogP contribution is 2.41. The van der Waals surface area contributed by atoms with Crippen molar-refractivity contribution in [1.82, 2.24) is 10.0 Å². The molecule has 2 aromatic carbocycles. The number of nitrogens with one attached hydrogen (secondary N) is 2. The van der Waals surface area contributed by atoms with Gasteiger partial charge in [-0.15, -0.1) is 0 Å². The molecule has 0 unspecified atom stereocenters. The van der Waals surface area contributed by atoms with Crippen molar-refractivity contribution < 1.29 is 17.9 Å². The van der Waals surface area contributed by atoms with E-state index in [-0.39, 0.29) is 22.1 Å². The molecule has 0 radical (unpaired) electrons. The lowest BCUT2D eigenvalue weighted by atomic mass is 9.72. The second-order valence-corrected chi connectivity index (χ2v) is 8.60. The molecule has 1 fully saturated rings. The van der Waals surface area contributed by atoms with Crippen molar-refractivity contribution in [2.75, 3.05) is 14.2 Å². The molecule has 6 nitrogen and oxygen atoms in total. The minimum Gasteiger partial charge on any atom is -0.495 e. The fourth-order valence-electron chi connectivity index (χ4n) is 3.34. The van der Waals surface area contributed by atoms with E-state index >= 15 is 0 Å². The third-order valence-corrected chi connectivity index (χ3v) is 6.50. The Kier molecular flexibility index (Phi) is 5.86. The Hall–Kier alpha value is -2.64. The number of hydrogen-bond acceptors (Lipinski definition) is 4. The van der Waals surface area contributed by atoms with Crippen LogP contribution >= 0.6 is 0 Å². The first kappa shape index (κ1) is 20.1. The summed E-state index contributed by atoms with van der Waals surface area (Å²) in [5.74, 6) is 0.0332. The van der Waals surface area contributed by atoms with Crippen LogP contribution in [0, 0.1) is 0 Å². The van der Waals surface area contributed by atoms with Crippen LogP contribution < -0.4 is 14.8 Å². The molecule has 2 N–H and O–H groups in total. The quantitative estimate of drug-likeness (QED) is 0.700. The summed E-state index contributed by atoms with van der Waals surface area (Å²) < 4.78 is 31.7. The Morgan fingerprint density at radius 1 is 1.14 bits per heavy atom. The van der Waals surface area contributed by atoms with Crippen LogP contribution in [0.15, 0.2) is 59.5 Å². The number of benzene rings is 2. The number of rotatable bonds is 7. The molecular weight excluding hydrogens is 376 g/mol. The van der Waals surface area contributed by atoms with E-state index in [1.807, 2.05) is 30.3 Å². The molecular formula is C21H24N2O4S. The van der Waals surface area contributed by atoms with Crippen LogP contribution in [-0.2, 0) is 20.4 Å². The lowest BCUT2D eigenvalue weighted by Crippen LogP contribution is -2.50. The van der Waals surface area contributed by atoms with E-state index in [2.05, 4.69) is 10.0 Å². The Bertz CT molecular complexity index is 981. The molecule has 0 saturated heterocycles. The minimum atomic E-state index is -3.67. The summed E-state index contributed by atoms with van der Waals surface area (Å²) in [4.78, 5) is 12.5. The van der Waals surface area contributed by atoms with Crippen LogP contribution in [0.3, 0.4) is 0 Å². The number of amides is 1. The van der Waals surface area contributed by atoms with Gasteiger partial charge in [-0.2, -0.15) is 0 Å². The van der Waals surface area contributed by atoms with Crippen LogP contribution in [0.4, 0.5) is 0 Å². The molecule has 0 spiro atoms. The number of carbonyl (C=O) groups is 1. The largest absolute Gasteiger partial charge is 0.495 e. The van der Waals surface area contributed by atoms with E-state index in [1.165, 1.54) is 26.3 Å². The van der Waals surface area contributed by atoms with E-state index in [0.717, 1.165) is 24.8 Å². The summed E-state index contributed by atoms with van der Waals surface area (Å²) in [5, 5.41) is 3.11. The molecule has 148 valence electrons. The standard InChI is InChI=1S/C21H24N2O4S/c1-22-28(25,26)19-15-16(9-11-18(19)27-2)10-12-20(24)23-21(13-6-14-21)17-7-4-3-5-8-17/h3-5,7-12,15,22H,6,13-14H2,1-2H3,(H,23,24)/b12-10+. The van der Waals surface area contributed by atoms with Gasteiger partial charge in [0.2, 0.25) is 15.9 Å². The first-order chi connectivity index (χ1) is 13.4. The fraction of sp³-hybridized carbons (Fsp3) is 0.286. The minimum absolute atomic E-state index is 0.0276. The predicted octanol–water partition coefficient (Wildman–Crippen LogP) is 2.81. The zero-order chi connectivity index (χ0) is 20.2. The van der Waals surface area contributed by atoms with Gasteiger partial charge in [0.15, 0.2) is 0 Å². The van der Waals surface area contributed by atoms with Crippen molar-refractivity contribution in [2.24, 2.45) is 0 Å². The van der Waals surface area contributed by atoms with Crippen molar-refractivity contribution in [1.29, 1.82) is 0 Å². The van der Waals surface area contributed by atoms with Gasteiger partial charge in [-0.3, -0.25) is 4.79 Å². The number of hydrogen-bond donors (Lipinski definition) is 2. The Morgan fingerprint density at radius 3 is 2.43 bits per heavy atom. The van der Waals surface area contributed by atoms with Crippen LogP contribution in [0.5, 0.6) is 5.75 Å². The summed E-state index contributed by atoms with van der Waals surface area (Å²) in [6, 6.07) is 14.7. The van der Waals surface area contributed by atoms with Gasteiger partial charge in [0.1, 0.15) is 10.6 Å². The Labute approximate surface area is 165 Å². The molecule has 2 aromatic rings. The highest BCUT2D eigenvalue weighted by Gasteiger charge is 2.39. The summed E-state index contributed by atoms with van der Waals surface area (Å²) >= 11 is 0. The van der Waals surface area contributed by atoms with Gasteiger partial charge in [-0.25, -0.2) is 13.1 Å². The summed E-state index contributed by atoms with van der Waals surface area (Å²) in [6.07, 6.45) is 5.91. The van der Waals surface area contributed by atoms with Crippen molar-refractivity contribution >= 4 is 22.0 Å². The number of ether oxygens (including phenoxy) is 1. The Balaban J connectivity index is 1.78. The normalized spacial score (nSPS) is 15.8. The molecule has 1 amide bonds. The van der Waals surface area contributed by atoms with E-state index < -0.39 is 10.0 Å². The first-order valence-electron chi connectivity index (χ1n) is 9.07. The lowest BCUT2D eigenvalue weighted by molar-refractivity contribution is -0.119. The van der Waals surface area contributed by atoms with Gasteiger partial charge in [-0.1, -0.05) is 36.4 Å². The number of carbonyl (C=O) groups excluding carboxylic acids is 1. The molecule has 1 aliphatic carbocycles. The number of methoxy groups -OCH3 is 1. The van der Waals surface area contributed by atoms with Gasteiger partial charge in [0.25, 0.3) is 0 Å². The highest BCUT2D eigenvalue weighted by molar-refractivity contribution is 7.89. The SMILES string of the molecule is CNS(=O)(=O)c1cc(/C=C/C(=O)NC2(c3ccccc3)CCC2)ccc1OC. The maximum atomic E-state index is 12.5. The monoisotopic (exact) mass is 400 g/mol. The molecule has 0 atom stereocenters. The Morgan fingerprint density at radius 2 is 1.86 bits per heavy atom. The smallest absolute Gasteiger partial charge is 0.244 e. The highest BCUT2D eigenvalue weighted by atomic mass is 32.2. The maximum absolute atomic E-state index is 12.5. The lowest BCUT2D eigenvalue weighted by Gasteiger charge is -2.42. The number of sulfonamides is 1. The summed E-state index contributed by atoms with van der Waals surface area (Å²) in [5.41, 5.74) is 1.38. The topological polar surface area (TPSA) is 84.5 Å². The summed E-state index contributed by atoms with van der Waals surface area (Å²) in [7, 11) is -0.920. The molecule has 28 heavy (non-hydrogen) atoms. The third-order valence-electron chi connectivity index (χ3n) is 5.07. The van der Waals surface area contributed by atoms with Crippen LogP contribution in [0.25, 0.3) is 6.08 Å². The molecule has 7 heteroatoms. The average molecular weight is 401 g/mol. The van der Waals surface area contributed by atoms with Crippen LogP contribution in [0.2, 0.25) is 0 Å². The molecule has 0 aromatic heterocycles. The maximum Gasteiger partial charge on any atom is 0.244 e. The van der Waals surface area contributed by atoms with Crippen molar-refractivity contribution in [3.05, 3.63) is 65.7 Å². The van der Waals surface area contributed by atoms with Gasteiger partial charge in [0.05, 0.1) is 12.6 Å². The van der Waals surface area contributed by atoms with Crippen molar-refractivity contribution in [3.8, 4) is 5.75 Å².